The van der Waals surface area contributed by atoms with E-state index in [2.05, 4.69) is 34.3 Å². The fourth-order valence-corrected chi connectivity index (χ4v) is 27.0. The molecule has 1 fully saturated rings. The zero-order valence-electron chi connectivity index (χ0n) is 20.0. The van der Waals surface area contributed by atoms with Crippen molar-refractivity contribution in [1.82, 2.24) is 9.55 Å². The summed E-state index contributed by atoms with van der Waals surface area (Å²) >= 11 is -2.53. The number of aromatic nitrogens is 2. The molecule has 0 amide bonds. The van der Waals surface area contributed by atoms with Crippen LogP contribution >= 0.6 is 8.95 Å². The topological polar surface area (TPSA) is 34.9 Å². The average molecular weight is 549 g/mol. The van der Waals surface area contributed by atoms with Gasteiger partial charge in [0, 0.05) is 0 Å². The van der Waals surface area contributed by atoms with Gasteiger partial charge in [-0.3, -0.25) is 0 Å². The molecule has 1 aliphatic rings. The number of nitrogens with zero attached hydrogens (tertiary/aromatic N) is 2. The molecule has 5 heteroatoms. The number of para-hydroxylation sites is 1. The molecule has 2 aromatic rings. The van der Waals surface area contributed by atoms with E-state index in [4.69, 9.17) is 4.98 Å². The van der Waals surface area contributed by atoms with E-state index < -0.39 is 17.0 Å². The summed E-state index contributed by atoms with van der Waals surface area (Å²) < 4.78 is 6.47. The average Bonchev–Trinajstić information content (AvgIpc) is 2.80. The van der Waals surface area contributed by atoms with E-state index in [0.29, 0.717) is 6.04 Å². The van der Waals surface area contributed by atoms with E-state index in [-0.39, 0.29) is 5.56 Å². The van der Waals surface area contributed by atoms with Crippen molar-refractivity contribution in [3.8, 4) is 0 Å². The first-order chi connectivity index (χ1) is 15.1. The van der Waals surface area contributed by atoms with Crippen molar-refractivity contribution in [3.63, 3.8) is 0 Å². The van der Waals surface area contributed by atoms with E-state index in [1.54, 1.807) is 0 Å². The van der Waals surface area contributed by atoms with E-state index in [0.717, 1.165) is 28.9 Å². The second kappa shape index (κ2) is 12.7. The van der Waals surface area contributed by atoms with Gasteiger partial charge in [-0.05, 0) is 0 Å². The van der Waals surface area contributed by atoms with Crippen LogP contribution in [0.2, 0.25) is 13.3 Å². The minimum atomic E-state index is -2.53. The van der Waals surface area contributed by atoms with Gasteiger partial charge in [0.05, 0.1) is 0 Å². The van der Waals surface area contributed by atoms with Gasteiger partial charge in [0.25, 0.3) is 0 Å². The van der Waals surface area contributed by atoms with Crippen LogP contribution in [0, 0.1) is 0 Å². The van der Waals surface area contributed by atoms with Gasteiger partial charge >= 0.3 is 197 Å². The molecule has 172 valence electrons. The van der Waals surface area contributed by atoms with E-state index in [1.165, 1.54) is 71.1 Å². The van der Waals surface area contributed by atoms with Crippen molar-refractivity contribution < 1.29 is 0 Å². The Morgan fingerprint density at radius 2 is 1.52 bits per heavy atom. The Morgan fingerprint density at radius 3 is 2.10 bits per heavy atom. The molecule has 1 heterocycles. The second-order valence-corrected chi connectivity index (χ2v) is 28.6. The molecule has 0 N–H and O–H groups in total. The first-order valence-corrected chi connectivity index (χ1v) is 23.2. The number of fused-ring (bicyclic) bond motifs is 1. The third kappa shape index (κ3) is 6.52. The Kier molecular flexibility index (Phi) is 10.3. The summed E-state index contributed by atoms with van der Waals surface area (Å²) in [5, 5.41) is 1.88. The first-order valence-electron chi connectivity index (χ1n) is 12.8. The van der Waals surface area contributed by atoms with E-state index >= 15 is 0 Å². The van der Waals surface area contributed by atoms with Gasteiger partial charge < -0.3 is 0 Å². The molecule has 0 aliphatic heterocycles. The van der Waals surface area contributed by atoms with Gasteiger partial charge in [0.2, 0.25) is 0 Å². The van der Waals surface area contributed by atoms with Crippen LogP contribution in [0.5, 0.6) is 0 Å². The molecule has 3 rings (SSSR count). The fourth-order valence-electron chi connectivity index (χ4n) is 5.08. The van der Waals surface area contributed by atoms with Gasteiger partial charge in [-0.15, -0.1) is 0 Å². The molecule has 0 radical (unpaired) electrons. The first kappa shape index (κ1) is 25.1. The number of hydrogen-bond acceptors (Lipinski definition) is 3. The summed E-state index contributed by atoms with van der Waals surface area (Å²) in [5.74, 6) is 0. The van der Waals surface area contributed by atoms with Gasteiger partial charge in [0.1, 0.15) is 0 Å². The van der Waals surface area contributed by atoms with E-state index in [9.17, 15) is 4.79 Å². The molecular formula is C26H42N2OSSn. The van der Waals surface area contributed by atoms with Crippen LogP contribution in [-0.2, 0) is 0 Å². The molecule has 31 heavy (non-hydrogen) atoms. The Labute approximate surface area is 196 Å². The molecular weight excluding hydrogens is 507 g/mol. The summed E-state index contributed by atoms with van der Waals surface area (Å²) in [6, 6.07) is 8.36. The SMILES string of the molecule is CCC[CH2][Sn]([CH2]CCC)([CH2]CCC)[S]c1nc2ccccc2c(=O)n1C1CCCCC1. The predicted molar refractivity (Wildman–Crippen MR) is 139 cm³/mol. The minimum absolute atomic E-state index is 0.210. The van der Waals surface area contributed by atoms with E-state index in [1.807, 2.05) is 24.3 Å². The Morgan fingerprint density at radius 1 is 0.935 bits per heavy atom. The molecule has 1 saturated carbocycles. The van der Waals surface area contributed by atoms with Crippen molar-refractivity contribution in [2.45, 2.75) is 116 Å². The van der Waals surface area contributed by atoms with Crippen LogP contribution in [0.1, 0.15) is 97.4 Å². The number of hydrogen-bond donors (Lipinski definition) is 0. The molecule has 3 nitrogen and oxygen atoms in total. The zero-order valence-corrected chi connectivity index (χ0v) is 23.7. The van der Waals surface area contributed by atoms with Crippen molar-refractivity contribution in [2.75, 3.05) is 0 Å². The molecule has 1 aliphatic carbocycles. The Bertz CT molecular complexity index is 854. The summed E-state index contributed by atoms with van der Waals surface area (Å²) in [6.45, 7) is 6.98. The predicted octanol–water partition coefficient (Wildman–Crippen LogP) is 8.34. The number of unbranched alkanes of at least 4 members (excludes halogenated alkanes) is 3. The standard InChI is InChI=1S/C14H16N2OS.3C4H9.Sn/c17-13-11-8-4-5-9-12(11)15-14(18)16(13)10-6-2-1-3-7-10;3*1-3-4-2;/h4-5,8-10H,1-3,6-7H2,(H,15,18);3*1,3-4H2,2H3;/q;;;;+1/p-1. The maximum atomic E-state index is 13.7. The molecule has 0 saturated heterocycles. The van der Waals surface area contributed by atoms with Crippen LogP contribution in [0.3, 0.4) is 0 Å². The fraction of sp³-hybridized carbons (Fsp3) is 0.692. The van der Waals surface area contributed by atoms with Crippen molar-refractivity contribution >= 4 is 36.8 Å². The van der Waals surface area contributed by atoms with Gasteiger partial charge in [-0.1, -0.05) is 0 Å². The van der Waals surface area contributed by atoms with Crippen LogP contribution in [-0.4, -0.2) is 26.5 Å². The molecule has 0 unspecified atom stereocenters. The van der Waals surface area contributed by atoms with Gasteiger partial charge in [0.15, 0.2) is 0 Å². The van der Waals surface area contributed by atoms with Crippen LogP contribution in [0.15, 0.2) is 34.2 Å². The van der Waals surface area contributed by atoms with Gasteiger partial charge in [-0.2, -0.15) is 0 Å². The van der Waals surface area contributed by atoms with Crippen LogP contribution < -0.4 is 5.56 Å². The normalized spacial score (nSPS) is 15.6. The maximum absolute atomic E-state index is 13.7. The quantitative estimate of drug-likeness (QED) is 0.197. The molecule has 0 atom stereocenters. The van der Waals surface area contributed by atoms with Crippen LogP contribution in [0.4, 0.5) is 0 Å². The van der Waals surface area contributed by atoms with Gasteiger partial charge in [-0.25, -0.2) is 0 Å². The zero-order chi connectivity index (χ0) is 22.1. The molecule has 0 bridgehead atoms. The third-order valence-corrected chi connectivity index (χ3v) is 28.1. The Hall–Kier alpha value is -0.491. The molecule has 0 spiro atoms. The number of benzene rings is 1. The molecule has 1 aromatic carbocycles. The Balaban J connectivity index is 2.08. The number of rotatable bonds is 12. The summed E-state index contributed by atoms with van der Waals surface area (Å²) in [4.78, 5) is 18.9. The van der Waals surface area contributed by atoms with Crippen molar-refractivity contribution in [3.05, 3.63) is 34.6 Å². The second-order valence-electron chi connectivity index (χ2n) is 9.47. The monoisotopic (exact) mass is 550 g/mol. The summed E-state index contributed by atoms with van der Waals surface area (Å²) in [6.07, 6.45) is 13.9. The molecule has 1 aromatic heterocycles. The van der Waals surface area contributed by atoms with Crippen molar-refractivity contribution in [2.24, 2.45) is 0 Å². The third-order valence-electron chi connectivity index (χ3n) is 6.98. The van der Waals surface area contributed by atoms with Crippen LogP contribution in [0.25, 0.3) is 10.9 Å². The van der Waals surface area contributed by atoms with Crippen molar-refractivity contribution in [1.29, 1.82) is 0 Å². The summed E-state index contributed by atoms with van der Waals surface area (Å²) in [5.41, 5.74) is 1.10. The summed E-state index contributed by atoms with van der Waals surface area (Å²) in [7, 11) is 2.17.